The van der Waals surface area contributed by atoms with Crippen molar-refractivity contribution in [3.05, 3.63) is 47.1 Å². The lowest BCUT2D eigenvalue weighted by Crippen LogP contribution is -2.17. The Morgan fingerprint density at radius 3 is 2.52 bits per heavy atom. The average Bonchev–Trinajstić information content (AvgIpc) is 3.07. The molecule has 3 rings (SSSR count). The van der Waals surface area contributed by atoms with Gasteiger partial charge >= 0.3 is 0 Å². The Labute approximate surface area is 125 Å². The summed E-state index contributed by atoms with van der Waals surface area (Å²) in [4.78, 5) is 22.9. The smallest absolute Gasteiger partial charge is 0.290 e. The van der Waals surface area contributed by atoms with Crippen LogP contribution in [-0.4, -0.2) is 18.3 Å². The van der Waals surface area contributed by atoms with Crippen molar-refractivity contribution >= 4 is 29.0 Å². The lowest BCUT2D eigenvalue weighted by Gasteiger charge is -2.00. The molecule has 5 nitrogen and oxygen atoms in total. The molecule has 1 saturated heterocycles. The fourth-order valence-corrected chi connectivity index (χ4v) is 2.55. The molecule has 106 valence electrons. The number of hydrogen-bond acceptors (Lipinski definition) is 5. The second-order valence-corrected chi connectivity index (χ2v) is 5.30. The van der Waals surface area contributed by atoms with Crippen LogP contribution < -0.4 is 10.1 Å². The van der Waals surface area contributed by atoms with E-state index in [0.29, 0.717) is 16.4 Å². The van der Waals surface area contributed by atoms with Crippen molar-refractivity contribution in [3.8, 4) is 17.1 Å². The third-order valence-corrected chi connectivity index (χ3v) is 3.73. The summed E-state index contributed by atoms with van der Waals surface area (Å²) in [6.45, 7) is 0. The van der Waals surface area contributed by atoms with E-state index >= 15 is 0 Å². The molecule has 1 aliphatic heterocycles. The van der Waals surface area contributed by atoms with Gasteiger partial charge in [-0.25, -0.2) is 0 Å². The van der Waals surface area contributed by atoms with Crippen molar-refractivity contribution in [3.63, 3.8) is 0 Å². The number of hydrogen-bond donors (Lipinski definition) is 1. The lowest BCUT2D eigenvalue weighted by molar-refractivity contribution is -0.115. The average molecular weight is 301 g/mol. The molecule has 0 atom stereocenters. The quantitative estimate of drug-likeness (QED) is 0.881. The first kappa shape index (κ1) is 13.5. The van der Waals surface area contributed by atoms with E-state index in [1.165, 1.54) is 0 Å². The number of benzene rings is 1. The predicted octanol–water partition coefficient (Wildman–Crippen LogP) is 3.28. The zero-order valence-electron chi connectivity index (χ0n) is 11.1. The van der Waals surface area contributed by atoms with E-state index in [4.69, 9.17) is 9.15 Å². The second-order valence-electron chi connectivity index (χ2n) is 4.28. The molecule has 1 fully saturated rings. The maximum Gasteiger partial charge on any atom is 0.290 e. The van der Waals surface area contributed by atoms with E-state index in [9.17, 15) is 9.59 Å². The minimum absolute atomic E-state index is 0.329. The summed E-state index contributed by atoms with van der Waals surface area (Å²) < 4.78 is 10.8. The molecule has 6 heteroatoms. The second kappa shape index (κ2) is 5.49. The Morgan fingerprint density at radius 2 is 1.90 bits per heavy atom. The van der Waals surface area contributed by atoms with Crippen molar-refractivity contribution in [2.24, 2.45) is 0 Å². The number of nitrogens with one attached hydrogen (secondary N) is 1. The molecular weight excluding hydrogens is 290 g/mol. The summed E-state index contributed by atoms with van der Waals surface area (Å²) in [6.07, 6.45) is 1.55. The van der Waals surface area contributed by atoms with Gasteiger partial charge in [0.25, 0.3) is 11.1 Å². The van der Waals surface area contributed by atoms with Gasteiger partial charge in [0.2, 0.25) is 0 Å². The van der Waals surface area contributed by atoms with E-state index in [2.05, 4.69) is 5.32 Å². The van der Waals surface area contributed by atoms with E-state index < -0.39 is 5.91 Å². The Kier molecular flexibility index (Phi) is 3.53. The molecule has 21 heavy (non-hydrogen) atoms. The summed E-state index contributed by atoms with van der Waals surface area (Å²) in [7, 11) is 1.61. The molecule has 2 heterocycles. The predicted molar refractivity (Wildman–Crippen MR) is 79.8 cm³/mol. The minimum atomic E-state index is -0.396. The van der Waals surface area contributed by atoms with Gasteiger partial charge in [0.15, 0.2) is 0 Å². The van der Waals surface area contributed by atoms with Crippen LogP contribution in [0.3, 0.4) is 0 Å². The standard InChI is InChI=1S/C15H11NO4S/c1-19-10-4-2-9(3-5-10)12-7-6-11(20-12)8-13-14(17)16-15(18)21-13/h2-8H,1H3,(H,16,17,18)/b13-8-. The van der Waals surface area contributed by atoms with Crippen LogP contribution in [0.2, 0.25) is 0 Å². The normalized spacial score (nSPS) is 16.3. The first-order chi connectivity index (χ1) is 10.2. The summed E-state index contributed by atoms with van der Waals surface area (Å²) >= 11 is 0.863. The number of methoxy groups -OCH3 is 1. The Hall–Kier alpha value is -2.47. The van der Waals surface area contributed by atoms with E-state index in [1.807, 2.05) is 30.3 Å². The van der Waals surface area contributed by atoms with Crippen LogP contribution in [0.15, 0.2) is 45.7 Å². The molecule has 0 radical (unpaired) electrons. The number of ether oxygens (including phenoxy) is 1. The molecule has 2 amide bonds. The first-order valence-corrected chi connectivity index (χ1v) is 6.96. The Bertz CT molecular complexity index is 730. The molecule has 0 spiro atoms. The van der Waals surface area contributed by atoms with E-state index in [-0.39, 0.29) is 5.24 Å². The molecule has 0 unspecified atom stereocenters. The number of carbonyl (C=O) groups is 2. The maximum absolute atomic E-state index is 11.5. The molecule has 1 aromatic heterocycles. The third-order valence-electron chi connectivity index (χ3n) is 2.92. The zero-order valence-corrected chi connectivity index (χ0v) is 11.9. The van der Waals surface area contributed by atoms with Crippen LogP contribution in [-0.2, 0) is 4.79 Å². The van der Waals surface area contributed by atoms with Gasteiger partial charge in [-0.2, -0.15) is 0 Å². The van der Waals surface area contributed by atoms with E-state index in [1.54, 1.807) is 19.3 Å². The van der Waals surface area contributed by atoms with Crippen LogP contribution in [0.1, 0.15) is 5.76 Å². The Balaban J connectivity index is 1.84. The SMILES string of the molecule is COc1ccc(-c2ccc(/C=C3\SC(=O)NC3=O)o2)cc1. The molecule has 0 aliphatic carbocycles. The van der Waals surface area contributed by atoms with Crippen LogP contribution in [0.4, 0.5) is 4.79 Å². The molecule has 2 aromatic rings. The Morgan fingerprint density at radius 1 is 1.14 bits per heavy atom. The monoisotopic (exact) mass is 301 g/mol. The number of rotatable bonds is 3. The highest BCUT2D eigenvalue weighted by atomic mass is 32.2. The summed E-state index contributed by atoms with van der Waals surface area (Å²) in [6, 6.07) is 11.0. The third kappa shape index (κ3) is 2.85. The topological polar surface area (TPSA) is 68.5 Å². The van der Waals surface area contributed by atoms with Gasteiger partial charge in [-0.1, -0.05) is 0 Å². The molecular formula is C15H11NO4S. The van der Waals surface area contributed by atoms with Crippen LogP contribution in [0, 0.1) is 0 Å². The molecule has 1 N–H and O–H groups in total. The molecule has 0 saturated carbocycles. The largest absolute Gasteiger partial charge is 0.497 e. The van der Waals surface area contributed by atoms with Crippen molar-refractivity contribution in [1.29, 1.82) is 0 Å². The highest BCUT2D eigenvalue weighted by Gasteiger charge is 2.25. The number of carbonyl (C=O) groups excluding carboxylic acids is 2. The molecule has 0 bridgehead atoms. The van der Waals surface area contributed by atoms with Gasteiger partial charge in [-0.15, -0.1) is 0 Å². The first-order valence-electron chi connectivity index (χ1n) is 6.15. The van der Waals surface area contributed by atoms with E-state index in [0.717, 1.165) is 23.1 Å². The van der Waals surface area contributed by atoms with Crippen LogP contribution in [0.25, 0.3) is 17.4 Å². The van der Waals surface area contributed by atoms with Crippen molar-refractivity contribution < 1.29 is 18.7 Å². The van der Waals surface area contributed by atoms with Gasteiger partial charge in [0, 0.05) is 11.6 Å². The summed E-state index contributed by atoms with van der Waals surface area (Å²) in [5.41, 5.74) is 0.903. The highest BCUT2D eigenvalue weighted by molar-refractivity contribution is 8.18. The summed E-state index contributed by atoms with van der Waals surface area (Å²) in [5.74, 6) is 1.57. The van der Waals surface area contributed by atoms with Crippen molar-refractivity contribution in [2.75, 3.05) is 7.11 Å². The summed E-state index contributed by atoms with van der Waals surface area (Å²) in [5, 5.41) is 1.83. The van der Waals surface area contributed by atoms with Crippen molar-refractivity contribution in [1.82, 2.24) is 5.32 Å². The molecule has 1 aliphatic rings. The van der Waals surface area contributed by atoms with Gasteiger partial charge in [0.05, 0.1) is 12.0 Å². The number of amides is 2. The maximum atomic E-state index is 11.5. The zero-order chi connectivity index (χ0) is 14.8. The van der Waals surface area contributed by atoms with Crippen LogP contribution in [0.5, 0.6) is 5.75 Å². The van der Waals surface area contributed by atoms with Crippen molar-refractivity contribution in [2.45, 2.75) is 0 Å². The van der Waals surface area contributed by atoms with Gasteiger partial charge < -0.3 is 9.15 Å². The van der Waals surface area contributed by atoms with Gasteiger partial charge in [-0.05, 0) is 48.2 Å². The number of thioether (sulfide) groups is 1. The minimum Gasteiger partial charge on any atom is -0.497 e. The van der Waals surface area contributed by atoms with Gasteiger partial charge in [-0.3, -0.25) is 14.9 Å². The number of furan rings is 1. The van der Waals surface area contributed by atoms with Gasteiger partial charge in [0.1, 0.15) is 17.3 Å². The molecule has 1 aromatic carbocycles. The van der Waals surface area contributed by atoms with Crippen LogP contribution >= 0.6 is 11.8 Å². The lowest BCUT2D eigenvalue weighted by atomic mass is 10.2. The fraction of sp³-hybridized carbons (Fsp3) is 0.0667. The number of imide groups is 1. The fourth-order valence-electron chi connectivity index (χ4n) is 1.89. The highest BCUT2D eigenvalue weighted by Crippen LogP contribution is 2.29.